The number of fused-ring (bicyclic) bond motifs is 1. The van der Waals surface area contributed by atoms with Crippen molar-refractivity contribution in [3.05, 3.63) is 0 Å². The number of amides is 3. The predicted octanol–water partition coefficient (Wildman–Crippen LogP) is 0.0999. The summed E-state index contributed by atoms with van der Waals surface area (Å²) in [5.41, 5.74) is 0. The lowest BCUT2D eigenvalue weighted by molar-refractivity contribution is -0.137. The Morgan fingerprint density at radius 2 is 2.05 bits per heavy atom. The van der Waals surface area contributed by atoms with Gasteiger partial charge in [0.2, 0.25) is 0 Å². The van der Waals surface area contributed by atoms with Crippen molar-refractivity contribution >= 4 is 18.3 Å². The van der Waals surface area contributed by atoms with E-state index in [1.165, 1.54) is 9.80 Å². The van der Waals surface area contributed by atoms with Crippen LogP contribution in [0.25, 0.3) is 0 Å². The predicted molar refractivity (Wildman–Crippen MR) is 74.2 cm³/mol. The Morgan fingerprint density at radius 1 is 1.35 bits per heavy atom. The second kappa shape index (κ2) is 5.78. The third-order valence-corrected chi connectivity index (χ3v) is 3.82. The molecule has 0 aromatic carbocycles. The summed E-state index contributed by atoms with van der Waals surface area (Å²) in [6.45, 7) is 2.13. The van der Waals surface area contributed by atoms with Crippen LogP contribution in [0.2, 0.25) is 0 Å². The van der Waals surface area contributed by atoms with Crippen LogP contribution in [0.4, 0.5) is 4.79 Å². The van der Waals surface area contributed by atoms with Gasteiger partial charge in [-0.15, -0.1) is 0 Å². The largest absolute Gasteiger partial charge is 0.393 e. The highest BCUT2D eigenvalue weighted by Crippen LogP contribution is 2.24. The molecule has 3 atom stereocenters. The van der Waals surface area contributed by atoms with Crippen molar-refractivity contribution in [3.63, 3.8) is 0 Å². The molecule has 3 amide bonds. The Balaban J connectivity index is 1.98. The number of carbonyl (C=O) groups is 2. The average Bonchev–Trinajstić information content (AvgIpc) is 2.77. The summed E-state index contributed by atoms with van der Waals surface area (Å²) in [6.07, 6.45) is 3.03. The molecule has 0 aromatic heterocycles. The maximum Gasteiger partial charge on any atom is 0.328 e. The summed E-state index contributed by atoms with van der Waals surface area (Å²) in [5, 5.41) is 9.21. The number of hydrogen-bond acceptors (Lipinski definition) is 5. The van der Waals surface area contributed by atoms with Crippen LogP contribution < -0.4 is 0 Å². The standard InChI is InChI=1S/C13H22N4O3/c1-9(18)6-4-5-7-17-12(19)10-11(14-8-15(10)2)16(3)13(17)20/h8-11,18H,4-7H2,1-3H3/t9-,10?,11?/m0/s1. The molecule has 1 fully saturated rings. The molecule has 2 aliphatic heterocycles. The van der Waals surface area contributed by atoms with E-state index in [1.54, 1.807) is 32.3 Å². The molecule has 2 heterocycles. The summed E-state index contributed by atoms with van der Waals surface area (Å²) in [4.78, 5) is 33.4. The molecule has 0 saturated carbocycles. The van der Waals surface area contributed by atoms with Gasteiger partial charge in [0.05, 0.1) is 12.4 Å². The number of aliphatic hydroxyl groups excluding tert-OH is 1. The van der Waals surface area contributed by atoms with Crippen LogP contribution in [-0.2, 0) is 4.79 Å². The van der Waals surface area contributed by atoms with Gasteiger partial charge >= 0.3 is 6.03 Å². The Bertz CT molecular complexity index is 424. The van der Waals surface area contributed by atoms with Gasteiger partial charge in [0.15, 0.2) is 12.2 Å². The molecule has 2 unspecified atom stereocenters. The highest BCUT2D eigenvalue weighted by Gasteiger charge is 2.48. The number of urea groups is 1. The second-order valence-electron chi connectivity index (χ2n) is 5.52. The normalized spacial score (nSPS) is 27.3. The zero-order valence-electron chi connectivity index (χ0n) is 12.2. The van der Waals surface area contributed by atoms with Crippen LogP contribution in [0, 0.1) is 0 Å². The van der Waals surface area contributed by atoms with E-state index in [0.29, 0.717) is 19.4 Å². The maximum absolute atomic E-state index is 12.4. The number of aliphatic imine (C=N–C) groups is 1. The van der Waals surface area contributed by atoms with Crippen LogP contribution in [0.5, 0.6) is 0 Å². The highest BCUT2D eigenvalue weighted by atomic mass is 16.3. The van der Waals surface area contributed by atoms with Gasteiger partial charge in [-0.25, -0.2) is 9.79 Å². The van der Waals surface area contributed by atoms with Crippen LogP contribution in [0.3, 0.4) is 0 Å². The van der Waals surface area contributed by atoms with Gasteiger partial charge in [-0.05, 0) is 26.2 Å². The van der Waals surface area contributed by atoms with E-state index in [2.05, 4.69) is 4.99 Å². The first kappa shape index (κ1) is 14.8. The van der Waals surface area contributed by atoms with Crippen molar-refractivity contribution in [1.29, 1.82) is 0 Å². The fraction of sp³-hybridized carbons (Fsp3) is 0.769. The molecule has 2 aliphatic rings. The molecule has 112 valence electrons. The van der Waals surface area contributed by atoms with Crippen molar-refractivity contribution in [2.75, 3.05) is 20.6 Å². The van der Waals surface area contributed by atoms with Gasteiger partial charge in [0.1, 0.15) is 0 Å². The quantitative estimate of drug-likeness (QED) is 0.726. The molecule has 2 rings (SSSR count). The van der Waals surface area contributed by atoms with E-state index in [4.69, 9.17) is 0 Å². The van der Waals surface area contributed by atoms with Crippen LogP contribution in [-0.4, -0.2) is 77.0 Å². The fourth-order valence-electron chi connectivity index (χ4n) is 2.62. The van der Waals surface area contributed by atoms with Crippen LogP contribution >= 0.6 is 0 Å². The molecule has 7 heteroatoms. The minimum atomic E-state index is -0.409. The maximum atomic E-state index is 12.4. The van der Waals surface area contributed by atoms with Gasteiger partial charge in [-0.1, -0.05) is 0 Å². The molecule has 0 spiro atoms. The Hall–Kier alpha value is -1.63. The number of aliphatic hydroxyl groups is 1. The first-order chi connectivity index (χ1) is 9.43. The minimum Gasteiger partial charge on any atom is -0.393 e. The van der Waals surface area contributed by atoms with E-state index in [0.717, 1.165) is 6.42 Å². The van der Waals surface area contributed by atoms with Crippen molar-refractivity contribution in [3.8, 4) is 0 Å². The number of unbranched alkanes of at least 4 members (excludes halogenated alkanes) is 1. The minimum absolute atomic E-state index is 0.185. The molecule has 0 radical (unpaired) electrons. The van der Waals surface area contributed by atoms with Gasteiger partial charge in [-0.3, -0.25) is 9.69 Å². The van der Waals surface area contributed by atoms with Gasteiger partial charge in [0, 0.05) is 20.6 Å². The number of imide groups is 1. The molecule has 0 bridgehead atoms. The average molecular weight is 282 g/mol. The first-order valence-corrected chi connectivity index (χ1v) is 6.95. The fourth-order valence-corrected chi connectivity index (χ4v) is 2.62. The van der Waals surface area contributed by atoms with E-state index in [9.17, 15) is 14.7 Å². The lowest BCUT2D eigenvalue weighted by Crippen LogP contribution is -2.64. The van der Waals surface area contributed by atoms with Crippen molar-refractivity contribution in [2.24, 2.45) is 4.99 Å². The smallest absolute Gasteiger partial charge is 0.328 e. The number of rotatable bonds is 5. The van der Waals surface area contributed by atoms with E-state index < -0.39 is 12.2 Å². The summed E-state index contributed by atoms with van der Waals surface area (Å²) in [6, 6.07) is -0.699. The second-order valence-corrected chi connectivity index (χ2v) is 5.52. The van der Waals surface area contributed by atoms with Gasteiger partial charge in [0.25, 0.3) is 5.91 Å². The molecule has 0 aromatic rings. The van der Waals surface area contributed by atoms with Crippen molar-refractivity contribution < 1.29 is 14.7 Å². The first-order valence-electron chi connectivity index (χ1n) is 6.95. The molecular formula is C13H22N4O3. The SMILES string of the molecule is C[C@H](O)CCCCN1C(=O)C2C(N=CN2C)N(C)C1=O. The number of likely N-dealkylation sites (N-methyl/N-ethyl adjacent to an activating group) is 2. The van der Waals surface area contributed by atoms with E-state index in [-0.39, 0.29) is 18.0 Å². The van der Waals surface area contributed by atoms with Crippen molar-refractivity contribution in [2.45, 2.75) is 44.5 Å². The molecule has 20 heavy (non-hydrogen) atoms. The third-order valence-electron chi connectivity index (χ3n) is 3.82. The summed E-state index contributed by atoms with van der Waals surface area (Å²) in [5.74, 6) is -0.185. The Labute approximate surface area is 118 Å². The monoisotopic (exact) mass is 282 g/mol. The van der Waals surface area contributed by atoms with Crippen molar-refractivity contribution in [1.82, 2.24) is 14.7 Å². The summed E-state index contributed by atoms with van der Waals surface area (Å²) < 4.78 is 0. The molecule has 0 aliphatic carbocycles. The number of hydrogen-bond donors (Lipinski definition) is 1. The van der Waals surface area contributed by atoms with Crippen LogP contribution in [0.1, 0.15) is 26.2 Å². The third kappa shape index (κ3) is 2.63. The number of carbonyl (C=O) groups excluding carboxylic acids is 2. The molecule has 7 nitrogen and oxygen atoms in total. The van der Waals surface area contributed by atoms with E-state index >= 15 is 0 Å². The summed E-state index contributed by atoms with van der Waals surface area (Å²) in [7, 11) is 3.47. The Kier molecular flexibility index (Phi) is 4.27. The zero-order chi connectivity index (χ0) is 14.9. The van der Waals surface area contributed by atoms with Crippen LogP contribution in [0.15, 0.2) is 4.99 Å². The number of nitrogens with zero attached hydrogens (tertiary/aromatic N) is 4. The lowest BCUT2D eigenvalue weighted by Gasteiger charge is -2.40. The highest BCUT2D eigenvalue weighted by molar-refractivity contribution is 6.01. The molecular weight excluding hydrogens is 260 g/mol. The van der Waals surface area contributed by atoms with Gasteiger partial charge < -0.3 is 14.9 Å². The van der Waals surface area contributed by atoms with E-state index in [1.807, 2.05) is 0 Å². The zero-order valence-corrected chi connectivity index (χ0v) is 12.2. The molecule has 1 saturated heterocycles. The topological polar surface area (TPSA) is 76.5 Å². The van der Waals surface area contributed by atoms with Gasteiger partial charge in [-0.2, -0.15) is 0 Å². The molecule has 1 N–H and O–H groups in total. The lowest BCUT2D eigenvalue weighted by atomic mass is 10.1. The Morgan fingerprint density at radius 3 is 2.70 bits per heavy atom. The summed E-state index contributed by atoms with van der Waals surface area (Å²) >= 11 is 0.